The molecule has 1 rings (SSSR count). The van der Waals surface area contributed by atoms with Crippen LogP contribution in [0.3, 0.4) is 0 Å². The van der Waals surface area contributed by atoms with Gasteiger partial charge in [0.1, 0.15) is 5.60 Å². The van der Waals surface area contributed by atoms with Gasteiger partial charge in [-0.3, -0.25) is 0 Å². The van der Waals surface area contributed by atoms with Crippen LogP contribution in [0.2, 0.25) is 5.02 Å². The zero-order chi connectivity index (χ0) is 17.5. The molecule has 23 heavy (non-hydrogen) atoms. The van der Waals surface area contributed by atoms with Gasteiger partial charge in [0.05, 0.1) is 5.54 Å². The lowest BCUT2D eigenvalue weighted by Crippen LogP contribution is -2.55. The van der Waals surface area contributed by atoms with Gasteiger partial charge in [0, 0.05) is 18.1 Å². The van der Waals surface area contributed by atoms with Crippen molar-refractivity contribution in [2.75, 3.05) is 6.54 Å². The molecule has 2 N–H and O–H groups in total. The van der Waals surface area contributed by atoms with Gasteiger partial charge in [0.25, 0.3) is 0 Å². The number of benzene rings is 1. The number of alkyl carbamates (subject to hydrolysis) is 1. The second-order valence-corrected chi connectivity index (χ2v) is 7.28. The highest BCUT2D eigenvalue weighted by molar-refractivity contribution is 6.30. The van der Waals surface area contributed by atoms with Crippen LogP contribution in [0.1, 0.15) is 53.0 Å². The Morgan fingerprint density at radius 3 is 2.39 bits per heavy atom. The van der Waals surface area contributed by atoms with Crippen LogP contribution in [0.25, 0.3) is 0 Å². The summed E-state index contributed by atoms with van der Waals surface area (Å²) in [6.45, 7) is 11.1. The maximum atomic E-state index is 12.1. The molecule has 0 spiro atoms. The van der Waals surface area contributed by atoms with Crippen molar-refractivity contribution in [3.8, 4) is 0 Å². The van der Waals surface area contributed by atoms with Gasteiger partial charge in [-0.2, -0.15) is 0 Å². The molecule has 0 heterocycles. The van der Waals surface area contributed by atoms with E-state index in [4.69, 9.17) is 16.3 Å². The smallest absolute Gasteiger partial charge is 0.408 e. The fraction of sp³-hybridized carbons (Fsp3) is 0.611. The molecule has 0 saturated carbocycles. The minimum absolute atomic E-state index is 0.319. The van der Waals surface area contributed by atoms with E-state index >= 15 is 0 Å². The minimum atomic E-state index is -0.495. The lowest BCUT2D eigenvalue weighted by Gasteiger charge is -2.34. The molecular weight excluding hydrogens is 312 g/mol. The van der Waals surface area contributed by atoms with Crippen molar-refractivity contribution in [2.24, 2.45) is 0 Å². The topological polar surface area (TPSA) is 50.4 Å². The molecule has 1 aromatic carbocycles. The number of nitrogens with one attached hydrogen (secondary N) is 2. The first-order valence-corrected chi connectivity index (χ1v) is 8.54. The molecule has 4 nitrogen and oxygen atoms in total. The molecule has 0 aromatic heterocycles. The van der Waals surface area contributed by atoms with Crippen LogP contribution in [0.4, 0.5) is 4.79 Å². The first kappa shape index (κ1) is 19.8. The summed E-state index contributed by atoms with van der Waals surface area (Å²) in [5.41, 5.74) is 0.308. The highest BCUT2D eigenvalue weighted by atomic mass is 35.5. The van der Waals surface area contributed by atoms with Gasteiger partial charge in [-0.15, -0.1) is 0 Å². The third-order valence-corrected chi connectivity index (χ3v) is 4.04. The molecule has 0 bridgehead atoms. The van der Waals surface area contributed by atoms with Gasteiger partial charge in [-0.25, -0.2) is 4.79 Å². The maximum absolute atomic E-state index is 12.1. The van der Waals surface area contributed by atoms with Crippen molar-refractivity contribution in [1.82, 2.24) is 10.6 Å². The van der Waals surface area contributed by atoms with Crippen LogP contribution in [0.15, 0.2) is 24.3 Å². The molecule has 0 saturated heterocycles. The van der Waals surface area contributed by atoms with E-state index in [-0.39, 0.29) is 11.6 Å². The van der Waals surface area contributed by atoms with Crippen LogP contribution < -0.4 is 10.6 Å². The summed E-state index contributed by atoms with van der Waals surface area (Å²) in [7, 11) is 0. The monoisotopic (exact) mass is 340 g/mol. The fourth-order valence-corrected chi connectivity index (χ4v) is 2.55. The Balaban J connectivity index is 2.60. The Hall–Kier alpha value is -1.26. The summed E-state index contributed by atoms with van der Waals surface area (Å²) in [5, 5.41) is 7.18. The normalized spacial score (nSPS) is 12.1. The average molecular weight is 341 g/mol. The van der Waals surface area contributed by atoms with E-state index in [0.717, 1.165) is 23.4 Å². The van der Waals surface area contributed by atoms with Crippen molar-refractivity contribution in [3.05, 3.63) is 34.9 Å². The third-order valence-electron chi connectivity index (χ3n) is 3.80. The van der Waals surface area contributed by atoms with Gasteiger partial charge >= 0.3 is 6.09 Å². The second-order valence-electron chi connectivity index (χ2n) is 6.85. The number of hydrogen-bond acceptors (Lipinski definition) is 3. The SMILES string of the molecule is CCC(CC)(CNCc1cccc(Cl)c1)NC(=O)OC(C)(C)C. The lowest BCUT2D eigenvalue weighted by molar-refractivity contribution is 0.0446. The van der Waals surface area contributed by atoms with Crippen molar-refractivity contribution >= 4 is 17.7 Å². The summed E-state index contributed by atoms with van der Waals surface area (Å²) in [6, 6.07) is 7.76. The predicted molar refractivity (Wildman–Crippen MR) is 95.8 cm³/mol. The number of hydrogen-bond donors (Lipinski definition) is 2. The van der Waals surface area contributed by atoms with Crippen LogP contribution in [0, 0.1) is 0 Å². The molecule has 0 fully saturated rings. The Kier molecular flexibility index (Phi) is 7.36. The second kappa shape index (κ2) is 8.55. The Labute approximate surface area is 144 Å². The number of ether oxygens (including phenoxy) is 1. The minimum Gasteiger partial charge on any atom is -0.444 e. The standard InChI is InChI=1S/C18H29ClN2O2/c1-6-18(7-2,21-16(22)23-17(3,4)5)13-20-12-14-9-8-10-15(19)11-14/h8-11,20H,6-7,12-13H2,1-5H3,(H,21,22). The zero-order valence-electron chi connectivity index (χ0n) is 14.8. The predicted octanol–water partition coefficient (Wildman–Crippen LogP) is 4.51. The van der Waals surface area contributed by atoms with E-state index in [9.17, 15) is 4.79 Å². The van der Waals surface area contributed by atoms with E-state index in [1.807, 2.05) is 45.0 Å². The van der Waals surface area contributed by atoms with Gasteiger partial charge in [0.2, 0.25) is 0 Å². The average Bonchev–Trinajstić information content (AvgIpc) is 2.44. The molecular formula is C18H29ClN2O2. The Morgan fingerprint density at radius 1 is 1.22 bits per heavy atom. The van der Waals surface area contributed by atoms with Crippen molar-refractivity contribution in [2.45, 2.75) is 65.1 Å². The quantitative estimate of drug-likeness (QED) is 0.767. The number of amides is 1. The van der Waals surface area contributed by atoms with E-state index in [2.05, 4.69) is 24.5 Å². The van der Waals surface area contributed by atoms with Crippen LogP contribution in [0.5, 0.6) is 0 Å². The molecule has 0 radical (unpaired) electrons. The lowest BCUT2D eigenvalue weighted by atomic mass is 9.92. The maximum Gasteiger partial charge on any atom is 0.408 e. The molecule has 0 aliphatic rings. The summed E-state index contributed by atoms with van der Waals surface area (Å²) in [5.74, 6) is 0. The molecule has 5 heteroatoms. The number of halogens is 1. The van der Waals surface area contributed by atoms with Crippen molar-refractivity contribution in [1.29, 1.82) is 0 Å². The molecule has 130 valence electrons. The summed E-state index contributed by atoms with van der Waals surface area (Å²) < 4.78 is 5.38. The first-order chi connectivity index (χ1) is 10.7. The molecule has 1 amide bonds. The van der Waals surface area contributed by atoms with Gasteiger partial charge in [-0.05, 0) is 51.3 Å². The molecule has 0 aliphatic heterocycles. The van der Waals surface area contributed by atoms with Gasteiger partial charge in [0.15, 0.2) is 0 Å². The van der Waals surface area contributed by atoms with E-state index in [1.54, 1.807) is 0 Å². The highest BCUT2D eigenvalue weighted by Crippen LogP contribution is 2.17. The van der Waals surface area contributed by atoms with Crippen molar-refractivity contribution in [3.63, 3.8) is 0 Å². The van der Waals surface area contributed by atoms with E-state index in [0.29, 0.717) is 13.1 Å². The van der Waals surface area contributed by atoms with Crippen LogP contribution in [-0.4, -0.2) is 23.8 Å². The number of carbonyl (C=O) groups excluding carboxylic acids is 1. The van der Waals surface area contributed by atoms with Crippen LogP contribution in [-0.2, 0) is 11.3 Å². The summed E-state index contributed by atoms with van der Waals surface area (Å²) in [6.07, 6.45) is 1.28. The number of carbonyl (C=O) groups is 1. The number of rotatable bonds is 7. The van der Waals surface area contributed by atoms with Crippen LogP contribution >= 0.6 is 11.6 Å². The Bertz CT molecular complexity index is 508. The first-order valence-electron chi connectivity index (χ1n) is 8.16. The fourth-order valence-electron chi connectivity index (χ4n) is 2.33. The van der Waals surface area contributed by atoms with E-state index in [1.165, 1.54) is 0 Å². The zero-order valence-corrected chi connectivity index (χ0v) is 15.6. The third kappa shape index (κ3) is 7.23. The summed E-state index contributed by atoms with van der Waals surface area (Å²) in [4.78, 5) is 12.1. The summed E-state index contributed by atoms with van der Waals surface area (Å²) >= 11 is 6.00. The largest absolute Gasteiger partial charge is 0.444 e. The van der Waals surface area contributed by atoms with Gasteiger partial charge in [-0.1, -0.05) is 37.6 Å². The van der Waals surface area contributed by atoms with E-state index < -0.39 is 5.60 Å². The molecule has 0 aliphatic carbocycles. The highest BCUT2D eigenvalue weighted by Gasteiger charge is 2.30. The molecule has 1 aromatic rings. The van der Waals surface area contributed by atoms with Crippen molar-refractivity contribution < 1.29 is 9.53 Å². The molecule has 0 unspecified atom stereocenters. The van der Waals surface area contributed by atoms with Gasteiger partial charge < -0.3 is 15.4 Å². The molecule has 0 atom stereocenters. The Morgan fingerprint density at radius 2 is 1.87 bits per heavy atom.